The normalized spacial score (nSPS) is 10.5. The van der Waals surface area contributed by atoms with E-state index in [2.05, 4.69) is 16.0 Å². The zero-order valence-electron chi connectivity index (χ0n) is 12.7. The molecule has 0 amide bonds. The van der Waals surface area contributed by atoms with Crippen LogP contribution in [-0.4, -0.2) is 22.8 Å². The summed E-state index contributed by atoms with van der Waals surface area (Å²) in [6.45, 7) is 0. The van der Waals surface area contributed by atoms with Crippen molar-refractivity contribution in [3.05, 3.63) is 83.2 Å². The highest BCUT2D eigenvalue weighted by Gasteiger charge is 2.16. The number of hydrogen-bond acceptors (Lipinski definition) is 4. The highest BCUT2D eigenvalue weighted by atomic mass is 35.5. The topological polar surface area (TPSA) is 46.1 Å². The fourth-order valence-electron chi connectivity index (χ4n) is 2.14. The number of rotatable bonds is 4. The van der Waals surface area contributed by atoms with Crippen LogP contribution in [0, 0.1) is 11.9 Å². The third-order valence-corrected chi connectivity index (χ3v) is 3.75. The molecule has 1 aromatic heterocycles. The van der Waals surface area contributed by atoms with E-state index in [-0.39, 0.29) is 11.4 Å². The predicted molar refractivity (Wildman–Crippen MR) is 90.2 cm³/mol. The van der Waals surface area contributed by atoms with Gasteiger partial charge >= 0.3 is 0 Å². The van der Waals surface area contributed by atoms with E-state index < -0.39 is 11.6 Å². The molecule has 0 aliphatic rings. The van der Waals surface area contributed by atoms with E-state index in [1.807, 2.05) is 24.1 Å². The lowest BCUT2D eigenvalue weighted by molar-refractivity contribution is 0.102. The summed E-state index contributed by atoms with van der Waals surface area (Å²) in [6, 6.07) is 13.8. The van der Waals surface area contributed by atoms with E-state index in [9.17, 15) is 9.18 Å². The van der Waals surface area contributed by atoms with Crippen LogP contribution in [0.15, 0.2) is 54.9 Å². The number of benzene rings is 2. The molecule has 0 saturated carbocycles. The molecule has 0 spiro atoms. The van der Waals surface area contributed by atoms with E-state index in [0.717, 1.165) is 11.8 Å². The Kier molecular flexibility index (Phi) is 4.53. The zero-order chi connectivity index (χ0) is 17.1. The molecule has 1 radical (unpaired) electrons. The summed E-state index contributed by atoms with van der Waals surface area (Å²) in [6.07, 6.45) is 3.03. The van der Waals surface area contributed by atoms with Gasteiger partial charge in [0.15, 0.2) is 0 Å². The molecule has 24 heavy (non-hydrogen) atoms. The highest BCUT2D eigenvalue weighted by Crippen LogP contribution is 2.24. The largest absolute Gasteiger partial charge is 0.342 e. The molecule has 1 heterocycles. The minimum Gasteiger partial charge on any atom is -0.342 e. The van der Waals surface area contributed by atoms with E-state index in [4.69, 9.17) is 11.6 Å². The first-order valence-corrected chi connectivity index (χ1v) is 7.45. The summed E-state index contributed by atoms with van der Waals surface area (Å²) in [5.74, 6) is -1.27. The lowest BCUT2D eigenvalue weighted by atomic mass is 10.1. The van der Waals surface area contributed by atoms with Gasteiger partial charge in [-0.25, -0.2) is 14.4 Å². The van der Waals surface area contributed by atoms with Crippen molar-refractivity contribution < 1.29 is 9.18 Å². The summed E-state index contributed by atoms with van der Waals surface area (Å²) in [4.78, 5) is 22.2. The maximum atomic E-state index is 13.7. The molecule has 0 unspecified atom stereocenters. The smallest absolute Gasteiger partial charge is 0.233 e. The second kappa shape index (κ2) is 6.76. The van der Waals surface area contributed by atoms with Gasteiger partial charge in [-0.1, -0.05) is 17.7 Å². The summed E-state index contributed by atoms with van der Waals surface area (Å²) in [5.41, 5.74) is 1.51. The SMILES string of the molecule is CN(c1ccc(Cl)cc1)c1cnc(C(=O)c2cc[c]cc2F)nc1. The molecule has 0 fully saturated rings. The molecule has 6 heteroatoms. The summed E-state index contributed by atoms with van der Waals surface area (Å²) in [7, 11) is 1.84. The first-order valence-electron chi connectivity index (χ1n) is 7.08. The molecule has 119 valence electrons. The minimum absolute atomic E-state index is 0.0617. The first-order chi connectivity index (χ1) is 11.6. The number of aromatic nitrogens is 2. The molecule has 0 saturated heterocycles. The highest BCUT2D eigenvalue weighted by molar-refractivity contribution is 6.30. The third kappa shape index (κ3) is 3.26. The van der Waals surface area contributed by atoms with Gasteiger partial charge in [-0.05, 0) is 42.5 Å². The summed E-state index contributed by atoms with van der Waals surface area (Å²) in [5, 5.41) is 0.645. The minimum atomic E-state index is -0.645. The van der Waals surface area contributed by atoms with Crippen LogP contribution in [0.25, 0.3) is 0 Å². The van der Waals surface area contributed by atoms with Crippen molar-refractivity contribution >= 4 is 28.8 Å². The number of hydrogen-bond donors (Lipinski definition) is 0. The van der Waals surface area contributed by atoms with Gasteiger partial charge in [0.1, 0.15) is 5.82 Å². The van der Waals surface area contributed by atoms with Crippen LogP contribution in [0.2, 0.25) is 5.02 Å². The van der Waals surface area contributed by atoms with Crippen LogP contribution in [0.1, 0.15) is 16.2 Å². The first kappa shape index (κ1) is 16.1. The van der Waals surface area contributed by atoms with Gasteiger partial charge in [-0.3, -0.25) is 4.79 Å². The van der Waals surface area contributed by atoms with Gasteiger partial charge < -0.3 is 4.90 Å². The summed E-state index contributed by atoms with van der Waals surface area (Å²) >= 11 is 5.88. The number of anilines is 2. The Morgan fingerprint density at radius 3 is 2.42 bits per heavy atom. The molecule has 0 bridgehead atoms. The van der Waals surface area contributed by atoms with E-state index >= 15 is 0 Å². The second-order valence-electron chi connectivity index (χ2n) is 5.04. The van der Waals surface area contributed by atoms with Crippen LogP contribution in [-0.2, 0) is 0 Å². The van der Waals surface area contributed by atoms with Gasteiger partial charge in [0.05, 0.1) is 23.6 Å². The second-order valence-corrected chi connectivity index (χ2v) is 5.47. The number of ketones is 1. The zero-order valence-corrected chi connectivity index (χ0v) is 13.5. The Morgan fingerprint density at radius 1 is 1.12 bits per heavy atom. The van der Waals surface area contributed by atoms with Crippen molar-refractivity contribution in [3.63, 3.8) is 0 Å². The van der Waals surface area contributed by atoms with Gasteiger partial charge in [-0.15, -0.1) is 0 Å². The average molecular weight is 341 g/mol. The Balaban J connectivity index is 1.84. The molecule has 3 aromatic rings. The Labute approximate surface area is 143 Å². The van der Waals surface area contributed by atoms with Crippen LogP contribution in [0.3, 0.4) is 0 Å². The predicted octanol–water partition coefficient (Wildman–Crippen LogP) is 4.07. The van der Waals surface area contributed by atoms with E-state index in [1.54, 1.807) is 12.1 Å². The Morgan fingerprint density at radius 2 is 1.79 bits per heavy atom. The molecule has 0 atom stereocenters. The van der Waals surface area contributed by atoms with Crippen molar-refractivity contribution in [1.82, 2.24) is 9.97 Å². The molecular formula is C18H12ClFN3O. The monoisotopic (exact) mass is 340 g/mol. The van der Waals surface area contributed by atoms with E-state index in [0.29, 0.717) is 10.7 Å². The maximum absolute atomic E-state index is 13.7. The standard InChI is InChI=1S/C18H12ClFN3O/c1-23(13-8-6-12(19)7-9-13)14-10-21-18(22-11-14)17(24)15-4-2-3-5-16(15)20/h2,4-11H,1H3. The van der Waals surface area contributed by atoms with E-state index in [1.165, 1.54) is 24.5 Å². The summed E-state index contributed by atoms with van der Waals surface area (Å²) < 4.78 is 13.7. The van der Waals surface area contributed by atoms with Crippen molar-refractivity contribution in [3.8, 4) is 0 Å². The third-order valence-electron chi connectivity index (χ3n) is 3.50. The molecule has 0 N–H and O–H groups in total. The Hall–Kier alpha value is -2.79. The molecule has 2 aromatic carbocycles. The maximum Gasteiger partial charge on any atom is 0.233 e. The van der Waals surface area contributed by atoms with Crippen molar-refractivity contribution in [2.75, 3.05) is 11.9 Å². The molecule has 4 nitrogen and oxygen atoms in total. The Bertz CT molecular complexity index is 866. The molecular weight excluding hydrogens is 329 g/mol. The van der Waals surface area contributed by atoms with Crippen LogP contribution in [0.5, 0.6) is 0 Å². The quantitative estimate of drug-likeness (QED) is 0.672. The van der Waals surface area contributed by atoms with Crippen molar-refractivity contribution in [1.29, 1.82) is 0 Å². The lowest BCUT2D eigenvalue weighted by Crippen LogP contribution is -2.13. The van der Waals surface area contributed by atoms with Gasteiger partial charge in [-0.2, -0.15) is 0 Å². The van der Waals surface area contributed by atoms with Crippen LogP contribution < -0.4 is 4.90 Å². The van der Waals surface area contributed by atoms with Gasteiger partial charge in [0.25, 0.3) is 0 Å². The number of halogens is 2. The molecule has 0 aliphatic heterocycles. The number of carbonyl (C=O) groups excluding carboxylic acids is 1. The molecule has 3 rings (SSSR count). The van der Waals surface area contributed by atoms with Crippen molar-refractivity contribution in [2.45, 2.75) is 0 Å². The molecule has 0 aliphatic carbocycles. The van der Waals surface area contributed by atoms with Crippen LogP contribution >= 0.6 is 11.6 Å². The van der Waals surface area contributed by atoms with Gasteiger partial charge in [0.2, 0.25) is 11.6 Å². The lowest BCUT2D eigenvalue weighted by Gasteiger charge is -2.18. The average Bonchev–Trinajstić information content (AvgIpc) is 2.62. The van der Waals surface area contributed by atoms with Gasteiger partial charge in [0, 0.05) is 17.8 Å². The number of nitrogens with zero attached hydrogens (tertiary/aromatic N) is 3. The van der Waals surface area contributed by atoms with Crippen LogP contribution in [0.4, 0.5) is 15.8 Å². The fourth-order valence-corrected chi connectivity index (χ4v) is 2.27. The number of carbonyl (C=O) groups is 1. The fraction of sp³-hybridized carbons (Fsp3) is 0.0556. The van der Waals surface area contributed by atoms with Crippen molar-refractivity contribution in [2.24, 2.45) is 0 Å².